The van der Waals surface area contributed by atoms with E-state index in [4.69, 9.17) is 47.4 Å². The zero-order valence-corrected chi connectivity index (χ0v) is 29.6. The van der Waals surface area contributed by atoms with Gasteiger partial charge in [0.15, 0.2) is 24.2 Å². The first-order valence-electron chi connectivity index (χ1n) is 15.3. The summed E-state index contributed by atoms with van der Waals surface area (Å²) in [5.41, 5.74) is 1.91. The normalized spacial score (nSPS) is 37.9. The Hall–Kier alpha value is -1.84. The first kappa shape index (κ1) is 32.7. The molecule has 6 aliphatic rings. The quantitative estimate of drug-likeness (QED) is 0.340. The van der Waals surface area contributed by atoms with Crippen LogP contribution < -0.4 is 9.47 Å². The first-order chi connectivity index (χ1) is 21.9. The van der Waals surface area contributed by atoms with Gasteiger partial charge in [0.05, 0.1) is 14.2 Å². The molecule has 12 heteroatoms. The molecule has 4 fully saturated rings. The highest BCUT2D eigenvalue weighted by Crippen LogP contribution is 2.48. The van der Waals surface area contributed by atoms with Crippen molar-refractivity contribution in [2.75, 3.05) is 14.2 Å². The van der Waals surface area contributed by atoms with E-state index in [2.05, 4.69) is 31.9 Å². The lowest BCUT2D eigenvalue weighted by Crippen LogP contribution is -2.44. The third kappa shape index (κ3) is 6.34. The number of halogens is 2. The van der Waals surface area contributed by atoms with Gasteiger partial charge in [-0.05, 0) is 64.1 Å². The van der Waals surface area contributed by atoms with Crippen molar-refractivity contribution in [2.24, 2.45) is 0 Å². The summed E-state index contributed by atoms with van der Waals surface area (Å²) in [6.07, 6.45) is 1.83. The Labute approximate surface area is 285 Å². The van der Waals surface area contributed by atoms with Crippen LogP contribution in [0.4, 0.5) is 0 Å². The van der Waals surface area contributed by atoms with Gasteiger partial charge in [0, 0.05) is 20.1 Å². The molecule has 0 saturated carbocycles. The third-order valence-corrected chi connectivity index (χ3v) is 10.1. The van der Waals surface area contributed by atoms with Gasteiger partial charge in [-0.15, -0.1) is 0 Å². The molecule has 248 valence electrons. The molecular weight excluding hydrogens is 728 g/mol. The van der Waals surface area contributed by atoms with Crippen LogP contribution in [0.5, 0.6) is 11.5 Å². The van der Waals surface area contributed by atoms with Gasteiger partial charge in [0.2, 0.25) is 0 Å². The minimum absolute atomic E-state index is 0.126. The molecule has 0 unspecified atom stereocenters. The van der Waals surface area contributed by atoms with Crippen LogP contribution in [0.25, 0.3) is 0 Å². The summed E-state index contributed by atoms with van der Waals surface area (Å²) < 4.78 is 60.7. The summed E-state index contributed by atoms with van der Waals surface area (Å²) in [5.74, 6) is 0.379. The lowest BCUT2D eigenvalue weighted by Gasteiger charge is -2.28. The molecule has 0 spiro atoms. The van der Waals surface area contributed by atoms with E-state index in [9.17, 15) is 0 Å². The Kier molecular flexibility index (Phi) is 8.93. The average molecular weight is 766 g/mol. The summed E-state index contributed by atoms with van der Waals surface area (Å²) in [5, 5.41) is 0. The number of benzene rings is 2. The van der Waals surface area contributed by atoms with Crippen LogP contribution in [0, 0.1) is 0 Å². The molecule has 2 aliphatic carbocycles. The maximum Gasteiger partial charge on any atom is 0.185 e. The molecule has 4 aliphatic heterocycles. The van der Waals surface area contributed by atoms with E-state index in [1.165, 1.54) is 0 Å². The van der Waals surface area contributed by atoms with Gasteiger partial charge in [-0.25, -0.2) is 0 Å². The highest BCUT2D eigenvalue weighted by molar-refractivity contribution is 9.12. The van der Waals surface area contributed by atoms with Gasteiger partial charge in [-0.3, -0.25) is 0 Å². The van der Waals surface area contributed by atoms with Gasteiger partial charge in [0.25, 0.3) is 0 Å². The van der Waals surface area contributed by atoms with Crippen molar-refractivity contribution in [3.63, 3.8) is 0 Å². The molecule has 10 atom stereocenters. The fourth-order valence-corrected chi connectivity index (χ4v) is 7.86. The highest BCUT2D eigenvalue weighted by Gasteiger charge is 2.56. The molecule has 8 rings (SSSR count). The smallest absolute Gasteiger partial charge is 0.185 e. The summed E-state index contributed by atoms with van der Waals surface area (Å²) in [4.78, 5) is 0. The second-order valence-electron chi connectivity index (χ2n) is 12.8. The van der Waals surface area contributed by atoms with Crippen LogP contribution >= 0.6 is 31.9 Å². The monoisotopic (exact) mass is 764 g/mol. The van der Waals surface area contributed by atoms with Crippen molar-refractivity contribution >= 4 is 31.9 Å². The van der Waals surface area contributed by atoms with Crippen LogP contribution in [0.1, 0.15) is 51.4 Å². The second kappa shape index (κ2) is 12.6. The zero-order chi connectivity index (χ0) is 32.4. The molecule has 46 heavy (non-hydrogen) atoms. The van der Waals surface area contributed by atoms with Gasteiger partial charge in [0.1, 0.15) is 60.3 Å². The van der Waals surface area contributed by atoms with Crippen molar-refractivity contribution < 1.29 is 47.4 Å². The predicted octanol–water partition coefficient (Wildman–Crippen LogP) is 6.58. The third-order valence-electron chi connectivity index (χ3n) is 8.64. The van der Waals surface area contributed by atoms with Crippen molar-refractivity contribution in [1.82, 2.24) is 0 Å². The Morgan fingerprint density at radius 2 is 0.891 bits per heavy atom. The first-order valence-corrected chi connectivity index (χ1v) is 16.9. The number of hydrogen-bond donors (Lipinski definition) is 0. The molecule has 2 aromatic rings. The zero-order valence-electron chi connectivity index (χ0n) is 26.4. The van der Waals surface area contributed by atoms with Crippen LogP contribution in [-0.2, 0) is 37.9 Å². The number of hydrogen-bond acceptors (Lipinski definition) is 10. The highest BCUT2D eigenvalue weighted by atomic mass is 79.9. The predicted molar refractivity (Wildman–Crippen MR) is 173 cm³/mol. The van der Waals surface area contributed by atoms with E-state index in [-0.39, 0.29) is 48.8 Å². The maximum atomic E-state index is 6.16. The van der Waals surface area contributed by atoms with Gasteiger partial charge in [-0.1, -0.05) is 56.1 Å². The summed E-state index contributed by atoms with van der Waals surface area (Å²) >= 11 is 7.19. The lowest BCUT2D eigenvalue weighted by atomic mass is 9.96. The van der Waals surface area contributed by atoms with Gasteiger partial charge in [-0.2, -0.15) is 0 Å². The van der Waals surface area contributed by atoms with Crippen molar-refractivity contribution in [3.8, 4) is 11.5 Å². The van der Waals surface area contributed by atoms with Crippen LogP contribution in [-0.4, -0.2) is 74.6 Å². The van der Waals surface area contributed by atoms with Gasteiger partial charge < -0.3 is 47.4 Å². The average Bonchev–Trinajstić information content (AvgIpc) is 3.80. The largest absolute Gasteiger partial charge is 0.497 e. The molecule has 0 bridgehead atoms. The number of ether oxygens (including phenoxy) is 10. The van der Waals surface area contributed by atoms with Crippen LogP contribution in [0.2, 0.25) is 0 Å². The SMILES string of the molecule is COc1ccc([C@@H]2O[C@H]3[C@@H]4OC(C)(C)O[C@@H]4C=C(Br)[C@H]3O2)cc1.COc1ccc([C@@H]2O[C@H]3[C@@H]4OC(C)(C)O[C@@H]4C=C(Br)[C@H]3O2)cc1. The van der Waals surface area contributed by atoms with Crippen molar-refractivity contribution in [1.29, 1.82) is 0 Å². The molecular formula is C34H38Br2O10. The van der Waals surface area contributed by atoms with Crippen LogP contribution in [0.3, 0.4) is 0 Å². The molecule has 0 amide bonds. The fraction of sp³-hybridized carbons (Fsp3) is 0.529. The summed E-state index contributed by atoms with van der Waals surface area (Å²) in [6, 6.07) is 15.4. The lowest BCUT2D eigenvalue weighted by molar-refractivity contribution is -0.158. The Morgan fingerprint density at radius 3 is 1.24 bits per heavy atom. The van der Waals surface area contributed by atoms with Crippen molar-refractivity contribution in [2.45, 2.75) is 101 Å². The number of fused-ring (bicyclic) bond motifs is 6. The molecule has 4 heterocycles. The fourth-order valence-electron chi connectivity index (χ4n) is 6.60. The number of rotatable bonds is 4. The maximum absolute atomic E-state index is 6.16. The van der Waals surface area contributed by atoms with E-state index in [0.717, 1.165) is 31.6 Å². The van der Waals surface area contributed by atoms with E-state index < -0.39 is 24.2 Å². The molecule has 2 aromatic carbocycles. The molecule has 4 saturated heterocycles. The van der Waals surface area contributed by atoms with E-state index in [1.807, 2.05) is 88.4 Å². The Balaban J connectivity index is 0.000000147. The standard InChI is InChI=1S/2C17H19BrO5/c2*1-17(2)22-12-8-11(18)13-15(14(12)23-17)21-16(20-13)9-4-6-10(19-3)7-5-9/h2*4-8,12-16H,1-3H3/t2*12-,13-,14-,15-,16+/m11/s1. The molecule has 0 N–H and O–H groups in total. The van der Waals surface area contributed by atoms with E-state index >= 15 is 0 Å². The molecule has 10 nitrogen and oxygen atoms in total. The minimum atomic E-state index is -0.616. The summed E-state index contributed by atoms with van der Waals surface area (Å²) in [6.45, 7) is 7.66. The Bertz CT molecular complexity index is 1360. The topological polar surface area (TPSA) is 92.3 Å². The molecule has 0 radical (unpaired) electrons. The van der Waals surface area contributed by atoms with Crippen LogP contribution in [0.15, 0.2) is 69.6 Å². The second-order valence-corrected chi connectivity index (χ2v) is 14.6. The Morgan fingerprint density at radius 1 is 0.522 bits per heavy atom. The van der Waals surface area contributed by atoms with Gasteiger partial charge >= 0.3 is 0 Å². The summed E-state index contributed by atoms with van der Waals surface area (Å²) in [7, 11) is 3.29. The number of methoxy groups -OCH3 is 2. The molecule has 0 aromatic heterocycles. The van der Waals surface area contributed by atoms with E-state index in [0.29, 0.717) is 0 Å². The van der Waals surface area contributed by atoms with Crippen molar-refractivity contribution in [3.05, 3.63) is 80.8 Å². The minimum Gasteiger partial charge on any atom is -0.497 e. The van der Waals surface area contributed by atoms with E-state index in [1.54, 1.807) is 14.2 Å².